The largest absolute Gasteiger partial charge is 0.480 e. The second kappa shape index (κ2) is 9.90. The Bertz CT molecular complexity index is 1240. The molecule has 9 heteroatoms. The number of anilines is 2. The molecule has 3 aromatic rings. The first-order valence-electron chi connectivity index (χ1n) is 10.3. The number of benzene rings is 2. The van der Waals surface area contributed by atoms with Crippen LogP contribution in [0.2, 0.25) is 0 Å². The van der Waals surface area contributed by atoms with Gasteiger partial charge in [-0.25, -0.2) is 9.78 Å². The molecule has 0 aliphatic heterocycles. The van der Waals surface area contributed by atoms with Crippen LogP contribution in [-0.2, 0) is 22.4 Å². The molecule has 1 amide bonds. The van der Waals surface area contributed by atoms with Crippen molar-refractivity contribution < 1.29 is 19.5 Å². The highest BCUT2D eigenvalue weighted by molar-refractivity contribution is 5.98. The number of aryl methyl sites for hydroxylation is 2. The van der Waals surface area contributed by atoms with Crippen LogP contribution in [0.5, 0.6) is 0 Å². The fraction of sp³-hybridized carbons (Fsp3) is 0.208. The molecule has 0 aliphatic rings. The summed E-state index contributed by atoms with van der Waals surface area (Å²) in [6, 6.07) is 11.4. The highest BCUT2D eigenvalue weighted by Crippen LogP contribution is 2.21. The fourth-order valence-electron chi connectivity index (χ4n) is 3.32. The lowest BCUT2D eigenvalue weighted by atomic mass is 10.0. The predicted octanol–water partition coefficient (Wildman–Crippen LogP) is 2.30. The maximum Gasteiger partial charge on any atom is 0.326 e. The average Bonchev–Trinajstić information content (AvgIpc) is 2.77. The summed E-state index contributed by atoms with van der Waals surface area (Å²) in [5.41, 5.74) is 14.8. The van der Waals surface area contributed by atoms with E-state index in [1.165, 1.54) is 6.92 Å². The summed E-state index contributed by atoms with van der Waals surface area (Å²) < 4.78 is 0. The van der Waals surface area contributed by atoms with Gasteiger partial charge in [-0.05, 0) is 60.7 Å². The van der Waals surface area contributed by atoms with E-state index in [0.29, 0.717) is 16.9 Å². The number of rotatable bonds is 9. The quantitative estimate of drug-likeness (QED) is 0.363. The Kier molecular flexibility index (Phi) is 7.02. The minimum atomic E-state index is -1.23. The first-order chi connectivity index (χ1) is 15.6. The fourth-order valence-corrected chi connectivity index (χ4v) is 3.32. The first kappa shape index (κ1) is 23.4. The zero-order chi connectivity index (χ0) is 24.1. The lowest BCUT2D eigenvalue weighted by molar-refractivity contribution is -0.139. The van der Waals surface area contributed by atoms with Crippen LogP contribution in [0, 0.1) is 0 Å². The van der Waals surface area contributed by atoms with Gasteiger partial charge in [-0.2, -0.15) is 4.98 Å². The number of nitrogen functional groups attached to an aromatic ring is 2. The number of carbonyl (C=O) groups is 3. The number of carboxylic acid groups (broad SMARTS) is 1. The van der Waals surface area contributed by atoms with Gasteiger partial charge in [0.05, 0.1) is 5.52 Å². The Morgan fingerprint density at radius 2 is 1.67 bits per heavy atom. The Balaban J connectivity index is 1.63. The summed E-state index contributed by atoms with van der Waals surface area (Å²) >= 11 is 0. The highest BCUT2D eigenvalue weighted by Gasteiger charge is 2.22. The Labute approximate surface area is 190 Å². The zero-order valence-electron chi connectivity index (χ0n) is 18.2. The van der Waals surface area contributed by atoms with E-state index >= 15 is 0 Å². The maximum atomic E-state index is 12.5. The number of hydrogen-bond acceptors (Lipinski definition) is 7. The number of ketones is 1. The molecule has 0 unspecified atom stereocenters. The molecule has 1 aromatic heterocycles. The molecule has 33 heavy (non-hydrogen) atoms. The molecule has 9 nitrogen and oxygen atoms in total. The van der Waals surface area contributed by atoms with Crippen LogP contribution in [0.1, 0.15) is 34.8 Å². The lowest BCUT2D eigenvalue weighted by Crippen LogP contribution is -2.41. The zero-order valence-corrected chi connectivity index (χ0v) is 18.2. The number of nitrogens with zero attached hydrogens (tertiary/aromatic N) is 2. The van der Waals surface area contributed by atoms with E-state index < -0.39 is 17.9 Å². The van der Waals surface area contributed by atoms with Crippen LogP contribution < -0.4 is 16.8 Å². The molecule has 170 valence electrons. The van der Waals surface area contributed by atoms with Crippen LogP contribution in [0.25, 0.3) is 10.9 Å². The van der Waals surface area contributed by atoms with Gasteiger partial charge in [0, 0.05) is 17.4 Å². The van der Waals surface area contributed by atoms with Crippen molar-refractivity contribution in [2.75, 3.05) is 11.5 Å². The Morgan fingerprint density at radius 3 is 2.30 bits per heavy atom. The molecule has 3 rings (SSSR count). The van der Waals surface area contributed by atoms with Gasteiger partial charge in [0.1, 0.15) is 11.9 Å². The summed E-state index contributed by atoms with van der Waals surface area (Å²) in [5.74, 6) is -1.61. The number of nitrogens with two attached hydrogens (primary N) is 2. The van der Waals surface area contributed by atoms with Crippen molar-refractivity contribution >= 4 is 40.3 Å². The molecule has 0 bridgehead atoms. The van der Waals surface area contributed by atoms with Crippen LogP contribution in [-0.4, -0.2) is 38.8 Å². The van der Waals surface area contributed by atoms with Crippen LogP contribution in [0.3, 0.4) is 0 Å². The van der Waals surface area contributed by atoms with Gasteiger partial charge in [0.2, 0.25) is 5.95 Å². The monoisotopic (exact) mass is 447 g/mol. The summed E-state index contributed by atoms with van der Waals surface area (Å²) in [6.07, 6.45) is 1.31. The minimum Gasteiger partial charge on any atom is -0.480 e. The van der Waals surface area contributed by atoms with Gasteiger partial charge in [-0.3, -0.25) is 9.59 Å². The molecule has 0 saturated heterocycles. The third-order valence-corrected chi connectivity index (χ3v) is 5.28. The number of Topliss-reactive ketones (excluding diaryl/α,β-unsaturated/α-hetero) is 1. The van der Waals surface area contributed by atoms with Gasteiger partial charge in [0.25, 0.3) is 5.91 Å². The molecule has 2 aromatic carbocycles. The number of amides is 1. The Morgan fingerprint density at radius 1 is 1.03 bits per heavy atom. The van der Waals surface area contributed by atoms with E-state index in [-0.39, 0.29) is 23.7 Å². The minimum absolute atomic E-state index is 0.135. The molecule has 1 heterocycles. The van der Waals surface area contributed by atoms with Crippen molar-refractivity contribution in [3.63, 3.8) is 0 Å². The van der Waals surface area contributed by atoms with Gasteiger partial charge in [-0.15, -0.1) is 0 Å². The van der Waals surface area contributed by atoms with Crippen molar-refractivity contribution in [1.82, 2.24) is 15.3 Å². The van der Waals surface area contributed by atoms with Crippen molar-refractivity contribution in [2.45, 2.75) is 32.2 Å². The van der Waals surface area contributed by atoms with Crippen molar-refractivity contribution in [1.29, 1.82) is 0 Å². The average molecular weight is 447 g/mol. The van der Waals surface area contributed by atoms with E-state index in [1.54, 1.807) is 12.1 Å². The van der Waals surface area contributed by atoms with Crippen LogP contribution >= 0.6 is 0 Å². The molecule has 1 atom stereocenters. The second-order valence-corrected chi connectivity index (χ2v) is 7.74. The number of carboxylic acids is 1. The third kappa shape index (κ3) is 5.91. The normalized spacial score (nSPS) is 11.7. The van der Waals surface area contributed by atoms with Gasteiger partial charge in [-0.1, -0.05) is 24.8 Å². The molecule has 0 spiro atoms. The summed E-state index contributed by atoms with van der Waals surface area (Å²) in [4.78, 5) is 43.4. The molecule has 6 N–H and O–H groups in total. The number of aliphatic carboxylic acids is 1. The third-order valence-electron chi connectivity index (χ3n) is 5.28. The lowest BCUT2D eigenvalue weighted by Gasteiger charge is -2.15. The van der Waals surface area contributed by atoms with Crippen molar-refractivity contribution in [3.05, 3.63) is 71.3 Å². The van der Waals surface area contributed by atoms with Gasteiger partial charge in [0.15, 0.2) is 5.78 Å². The maximum absolute atomic E-state index is 12.5. The number of carbonyl (C=O) groups excluding carboxylic acids is 2. The van der Waals surface area contributed by atoms with Crippen LogP contribution in [0.4, 0.5) is 11.8 Å². The van der Waals surface area contributed by atoms with Gasteiger partial charge >= 0.3 is 5.97 Å². The summed E-state index contributed by atoms with van der Waals surface area (Å²) in [6.45, 7) is 4.86. The van der Waals surface area contributed by atoms with E-state index in [1.807, 2.05) is 30.3 Å². The van der Waals surface area contributed by atoms with Crippen LogP contribution in [0.15, 0.2) is 54.6 Å². The standard InChI is InChI=1S/C24H25N5O4/c1-13(14(2)30)11-20(23(32)33)27-22(31)17-8-5-15(6-9-17)3-4-16-7-10-19-18(12-16)21(25)29-24(26)28-19/h5-10,12,20H,1,3-4,11H2,2H3,(H,27,31)(H,32,33)(H4,25,26,28,29)/t20-/m0/s1. The first-order valence-corrected chi connectivity index (χ1v) is 10.3. The molecular weight excluding hydrogens is 422 g/mol. The Hall–Kier alpha value is -4.27. The smallest absolute Gasteiger partial charge is 0.326 e. The van der Waals surface area contributed by atoms with E-state index in [0.717, 1.165) is 29.4 Å². The molecule has 0 fully saturated rings. The topological polar surface area (TPSA) is 161 Å². The molecule has 0 aliphatic carbocycles. The summed E-state index contributed by atoms with van der Waals surface area (Å²) in [5, 5.41) is 12.5. The number of hydrogen-bond donors (Lipinski definition) is 4. The molecular formula is C24H25N5O4. The van der Waals surface area contributed by atoms with E-state index in [9.17, 15) is 19.5 Å². The second-order valence-electron chi connectivity index (χ2n) is 7.74. The van der Waals surface area contributed by atoms with Crippen molar-refractivity contribution in [2.24, 2.45) is 0 Å². The van der Waals surface area contributed by atoms with E-state index in [4.69, 9.17) is 11.5 Å². The predicted molar refractivity (Wildman–Crippen MR) is 126 cm³/mol. The van der Waals surface area contributed by atoms with Crippen molar-refractivity contribution in [3.8, 4) is 0 Å². The SMILES string of the molecule is C=C(C[C@H](NC(=O)c1ccc(CCc2ccc3nc(N)nc(N)c3c2)cc1)C(=O)O)C(C)=O. The van der Waals surface area contributed by atoms with E-state index in [2.05, 4.69) is 21.9 Å². The highest BCUT2D eigenvalue weighted by atomic mass is 16.4. The summed E-state index contributed by atoms with van der Waals surface area (Å²) in [7, 11) is 0. The molecule has 0 saturated carbocycles. The number of fused-ring (bicyclic) bond motifs is 1. The van der Waals surface area contributed by atoms with Gasteiger partial charge < -0.3 is 21.9 Å². The number of aromatic nitrogens is 2. The molecule has 0 radical (unpaired) electrons. The number of nitrogens with one attached hydrogen (secondary N) is 1.